The van der Waals surface area contributed by atoms with Crippen molar-refractivity contribution in [2.45, 2.75) is 43.7 Å². The molecule has 2 aliphatic heterocycles. The van der Waals surface area contributed by atoms with E-state index < -0.39 is 17.9 Å². The van der Waals surface area contributed by atoms with Gasteiger partial charge in [-0.05, 0) is 18.8 Å². The van der Waals surface area contributed by atoms with Crippen LogP contribution in [0, 0.1) is 5.92 Å². The van der Waals surface area contributed by atoms with Crippen LogP contribution in [0.1, 0.15) is 25.7 Å². The van der Waals surface area contributed by atoms with E-state index in [0.717, 1.165) is 0 Å². The third kappa shape index (κ3) is 1.73. The summed E-state index contributed by atoms with van der Waals surface area (Å²) in [5.74, 6) is -3.62. The van der Waals surface area contributed by atoms with Crippen molar-refractivity contribution in [2.24, 2.45) is 5.92 Å². The smallest absolute Gasteiger partial charge is 0.303 e. The number of fused-ring (bicyclic) bond motifs is 2. The maximum absolute atomic E-state index is 13.2. The number of hydrogen-bond acceptors (Lipinski definition) is 2. The number of carboxylic acid groups (broad SMARTS) is 1. The first kappa shape index (κ1) is 9.83. The summed E-state index contributed by atoms with van der Waals surface area (Å²) in [5, 5.41) is 11.4. The number of aliphatic carboxylic acids is 1. The van der Waals surface area contributed by atoms with Gasteiger partial charge in [0.2, 0.25) is 0 Å². The minimum atomic E-state index is -2.64. The molecular weight excluding hydrogens is 192 g/mol. The van der Waals surface area contributed by atoms with Crippen molar-refractivity contribution in [1.29, 1.82) is 0 Å². The predicted octanol–water partition coefficient (Wildman–Crippen LogP) is 1.24. The Morgan fingerprint density at radius 3 is 2.79 bits per heavy atom. The van der Waals surface area contributed by atoms with Gasteiger partial charge in [-0.15, -0.1) is 0 Å². The van der Waals surface area contributed by atoms with Crippen molar-refractivity contribution in [3.8, 4) is 0 Å². The van der Waals surface area contributed by atoms with Gasteiger partial charge >= 0.3 is 5.97 Å². The fourth-order valence-electron chi connectivity index (χ4n) is 2.57. The highest BCUT2D eigenvalue weighted by Crippen LogP contribution is 2.41. The van der Waals surface area contributed by atoms with Crippen LogP contribution >= 0.6 is 0 Å². The average Bonchev–Trinajstić information content (AvgIpc) is 2.19. The Morgan fingerprint density at radius 1 is 1.50 bits per heavy atom. The normalized spacial score (nSPS) is 39.7. The standard InChI is InChI=1S/C9H13F2NO2/c10-9(11)4-6-1-5(3-8(13)14)2-7(9)12-6/h5-7,12H,1-4H2,(H,13,14)/t5-,6?,7-/m0/s1. The quantitative estimate of drug-likeness (QED) is 0.713. The fourth-order valence-corrected chi connectivity index (χ4v) is 2.57. The van der Waals surface area contributed by atoms with Crippen LogP contribution in [-0.2, 0) is 4.79 Å². The number of rotatable bonds is 2. The van der Waals surface area contributed by atoms with E-state index in [9.17, 15) is 13.6 Å². The number of halogens is 2. The van der Waals surface area contributed by atoms with Crippen LogP contribution in [0.5, 0.6) is 0 Å². The van der Waals surface area contributed by atoms with Crippen molar-refractivity contribution in [3.05, 3.63) is 0 Å². The van der Waals surface area contributed by atoms with Gasteiger partial charge in [0.25, 0.3) is 5.92 Å². The number of carboxylic acids is 1. The zero-order valence-electron chi connectivity index (χ0n) is 7.67. The van der Waals surface area contributed by atoms with Crippen molar-refractivity contribution < 1.29 is 18.7 Å². The van der Waals surface area contributed by atoms with Gasteiger partial charge in [-0.1, -0.05) is 0 Å². The van der Waals surface area contributed by atoms with Crippen LogP contribution in [0.3, 0.4) is 0 Å². The molecule has 2 bridgehead atoms. The molecule has 0 amide bonds. The highest BCUT2D eigenvalue weighted by molar-refractivity contribution is 5.67. The molecule has 80 valence electrons. The number of alkyl halides is 2. The summed E-state index contributed by atoms with van der Waals surface area (Å²) in [7, 11) is 0. The molecule has 2 aliphatic rings. The van der Waals surface area contributed by atoms with Crippen molar-refractivity contribution in [1.82, 2.24) is 5.32 Å². The lowest BCUT2D eigenvalue weighted by Crippen LogP contribution is -2.43. The Hall–Kier alpha value is -0.710. The van der Waals surface area contributed by atoms with E-state index in [1.807, 2.05) is 0 Å². The van der Waals surface area contributed by atoms with Crippen LogP contribution < -0.4 is 5.32 Å². The lowest BCUT2D eigenvalue weighted by molar-refractivity contribution is -0.138. The van der Waals surface area contributed by atoms with Crippen LogP contribution in [-0.4, -0.2) is 29.1 Å². The van der Waals surface area contributed by atoms with Crippen molar-refractivity contribution >= 4 is 5.97 Å². The largest absolute Gasteiger partial charge is 0.481 e. The maximum Gasteiger partial charge on any atom is 0.303 e. The summed E-state index contributed by atoms with van der Waals surface area (Å²) in [6, 6.07) is -0.987. The second-order valence-electron chi connectivity index (χ2n) is 4.32. The molecule has 2 rings (SSSR count). The van der Waals surface area contributed by atoms with Gasteiger partial charge in [-0.3, -0.25) is 4.79 Å². The minimum absolute atomic E-state index is 0.0186. The van der Waals surface area contributed by atoms with E-state index in [1.54, 1.807) is 0 Å². The molecule has 0 saturated carbocycles. The van der Waals surface area contributed by atoms with Gasteiger partial charge < -0.3 is 10.4 Å². The molecule has 0 aromatic rings. The van der Waals surface area contributed by atoms with Crippen molar-refractivity contribution in [2.75, 3.05) is 0 Å². The molecule has 14 heavy (non-hydrogen) atoms. The van der Waals surface area contributed by atoms with E-state index in [2.05, 4.69) is 5.32 Å². The first-order valence-corrected chi connectivity index (χ1v) is 4.83. The second kappa shape index (κ2) is 3.15. The Balaban J connectivity index is 2.00. The van der Waals surface area contributed by atoms with Crippen LogP contribution in [0.25, 0.3) is 0 Å². The molecule has 2 N–H and O–H groups in total. The zero-order chi connectivity index (χ0) is 10.3. The Labute approximate surface area is 80.5 Å². The Bertz CT molecular complexity index is 257. The highest BCUT2D eigenvalue weighted by atomic mass is 19.3. The molecule has 0 aromatic heterocycles. The van der Waals surface area contributed by atoms with Gasteiger partial charge in [-0.2, -0.15) is 0 Å². The van der Waals surface area contributed by atoms with Crippen LogP contribution in [0.2, 0.25) is 0 Å². The first-order chi connectivity index (χ1) is 6.47. The lowest BCUT2D eigenvalue weighted by Gasteiger charge is -2.28. The molecule has 3 atom stereocenters. The molecular formula is C9H13F2NO2. The Kier molecular flexibility index (Phi) is 2.21. The maximum atomic E-state index is 13.2. The van der Waals surface area contributed by atoms with Crippen LogP contribution in [0.15, 0.2) is 0 Å². The molecule has 2 saturated heterocycles. The second-order valence-corrected chi connectivity index (χ2v) is 4.32. The van der Waals surface area contributed by atoms with Gasteiger partial charge in [0, 0.05) is 18.9 Å². The van der Waals surface area contributed by atoms with Crippen LogP contribution in [0.4, 0.5) is 8.78 Å². The summed E-state index contributed by atoms with van der Waals surface area (Å²) in [6.07, 6.45) is 0.743. The number of nitrogens with one attached hydrogen (secondary N) is 1. The summed E-state index contributed by atoms with van der Waals surface area (Å²) >= 11 is 0. The summed E-state index contributed by atoms with van der Waals surface area (Å²) in [6.45, 7) is 0. The average molecular weight is 205 g/mol. The number of carbonyl (C=O) groups is 1. The molecule has 0 aliphatic carbocycles. The van der Waals surface area contributed by atoms with E-state index in [0.29, 0.717) is 6.42 Å². The third-order valence-corrected chi connectivity index (χ3v) is 3.12. The number of hydrogen-bond donors (Lipinski definition) is 2. The molecule has 2 heterocycles. The van der Waals surface area contributed by atoms with E-state index in [4.69, 9.17) is 5.11 Å². The zero-order valence-corrected chi connectivity index (χ0v) is 7.67. The minimum Gasteiger partial charge on any atom is -0.481 e. The molecule has 0 radical (unpaired) electrons. The topological polar surface area (TPSA) is 49.3 Å². The Morgan fingerprint density at radius 2 is 2.21 bits per heavy atom. The molecule has 0 spiro atoms. The molecule has 1 unspecified atom stereocenters. The predicted molar refractivity (Wildman–Crippen MR) is 45.3 cm³/mol. The van der Waals surface area contributed by atoms with Gasteiger partial charge in [0.05, 0.1) is 6.04 Å². The van der Waals surface area contributed by atoms with E-state index >= 15 is 0 Å². The molecule has 3 nitrogen and oxygen atoms in total. The van der Waals surface area contributed by atoms with E-state index in [1.165, 1.54) is 0 Å². The molecule has 0 aromatic carbocycles. The highest BCUT2D eigenvalue weighted by Gasteiger charge is 2.52. The van der Waals surface area contributed by atoms with Crippen molar-refractivity contribution in [3.63, 3.8) is 0 Å². The summed E-state index contributed by atoms with van der Waals surface area (Å²) in [5.41, 5.74) is 0. The third-order valence-electron chi connectivity index (χ3n) is 3.12. The van der Waals surface area contributed by atoms with Gasteiger partial charge in [0.15, 0.2) is 0 Å². The molecule has 2 fully saturated rings. The summed E-state index contributed by atoms with van der Waals surface area (Å²) < 4.78 is 26.4. The summed E-state index contributed by atoms with van der Waals surface area (Å²) in [4.78, 5) is 10.5. The first-order valence-electron chi connectivity index (χ1n) is 4.83. The van der Waals surface area contributed by atoms with E-state index in [-0.39, 0.29) is 31.2 Å². The number of piperidine rings is 1. The fraction of sp³-hybridized carbons (Fsp3) is 0.889. The molecule has 5 heteroatoms. The lowest BCUT2D eigenvalue weighted by atomic mass is 9.89. The monoisotopic (exact) mass is 205 g/mol. The SMILES string of the molecule is O=C(O)C[C@H]1CC2CC(F)(F)[C@H](C1)N2. The van der Waals surface area contributed by atoms with Gasteiger partial charge in [0.1, 0.15) is 0 Å². The van der Waals surface area contributed by atoms with Gasteiger partial charge in [-0.25, -0.2) is 8.78 Å².